The van der Waals surface area contributed by atoms with Gasteiger partial charge in [0.05, 0.1) is 42.3 Å². The topological polar surface area (TPSA) is 151 Å². The number of H-pyrrole nitrogens is 1. The number of carbonyl (C=O) groups is 1. The Morgan fingerprint density at radius 1 is 1.26 bits per heavy atom. The molecular weight excluding hydrogens is 510 g/mol. The Morgan fingerprint density at radius 3 is 2.71 bits per heavy atom. The van der Waals surface area contributed by atoms with Crippen LogP contribution >= 0.6 is 0 Å². The molecule has 1 aromatic carbocycles. The standard InChI is InChI=1S/C25H35N7O5S/c1-4-7-21-26-17(3)23-25(34)27-24(28-32(21)23)19-16-18(9-10-20(19)37-5-2)38(36)31-14-12-30(13-15-31)11-6-8-22(33)29-35/h9-10,16,35H,4-8,11-15H2,1-3H3,(H,29,33)(H,27,28,34). The number of fused-ring (bicyclic) bond motifs is 1. The number of hydroxylamine groups is 1. The number of benzene rings is 1. The summed E-state index contributed by atoms with van der Waals surface area (Å²) in [5, 5.41) is 13.3. The lowest BCUT2D eigenvalue weighted by atomic mass is 10.2. The van der Waals surface area contributed by atoms with Crippen LogP contribution in [0.3, 0.4) is 0 Å². The number of amides is 1. The first-order valence-electron chi connectivity index (χ1n) is 12.9. The normalized spacial score (nSPS) is 15.6. The van der Waals surface area contributed by atoms with Gasteiger partial charge in [0.25, 0.3) is 5.56 Å². The second-order valence-electron chi connectivity index (χ2n) is 9.18. The van der Waals surface area contributed by atoms with Gasteiger partial charge >= 0.3 is 0 Å². The first-order chi connectivity index (χ1) is 18.4. The van der Waals surface area contributed by atoms with Crippen molar-refractivity contribution in [2.75, 3.05) is 39.3 Å². The van der Waals surface area contributed by atoms with Gasteiger partial charge in [0.2, 0.25) is 5.91 Å². The zero-order valence-corrected chi connectivity index (χ0v) is 22.8. The summed E-state index contributed by atoms with van der Waals surface area (Å²) in [5.74, 6) is 1.20. The maximum absolute atomic E-state index is 13.5. The summed E-state index contributed by atoms with van der Waals surface area (Å²) < 4.78 is 22.9. The van der Waals surface area contributed by atoms with Crippen LogP contribution in [0.5, 0.6) is 5.75 Å². The predicted octanol–water partition coefficient (Wildman–Crippen LogP) is 1.67. The molecule has 1 aliphatic rings. The van der Waals surface area contributed by atoms with Crippen LogP contribution in [0, 0.1) is 6.92 Å². The highest BCUT2D eigenvalue weighted by molar-refractivity contribution is 7.89. The first kappa shape index (κ1) is 28.0. The monoisotopic (exact) mass is 545 g/mol. The number of hydrogen-bond donors (Lipinski definition) is 3. The van der Waals surface area contributed by atoms with Gasteiger partial charge < -0.3 is 19.2 Å². The fourth-order valence-corrected chi connectivity index (χ4v) is 5.81. The molecule has 3 aromatic rings. The number of ether oxygens (including phenoxy) is 1. The molecule has 2 aromatic heterocycles. The number of nitrogens with one attached hydrogen (secondary N) is 2. The Balaban J connectivity index is 1.56. The molecule has 0 saturated carbocycles. The molecule has 0 radical (unpaired) electrons. The molecule has 1 unspecified atom stereocenters. The second kappa shape index (κ2) is 12.7. The van der Waals surface area contributed by atoms with Crippen LogP contribution in [0.2, 0.25) is 0 Å². The summed E-state index contributed by atoms with van der Waals surface area (Å²) in [4.78, 5) is 34.4. The van der Waals surface area contributed by atoms with E-state index in [1.165, 1.54) is 0 Å². The van der Waals surface area contributed by atoms with Crippen LogP contribution in [0.25, 0.3) is 16.9 Å². The van der Waals surface area contributed by atoms with Crippen molar-refractivity contribution in [3.05, 3.63) is 40.1 Å². The van der Waals surface area contributed by atoms with E-state index in [9.17, 15) is 14.1 Å². The van der Waals surface area contributed by atoms with Crippen LogP contribution in [0.15, 0.2) is 27.9 Å². The molecule has 1 atom stereocenters. The summed E-state index contributed by atoms with van der Waals surface area (Å²) in [6.45, 7) is 9.55. The number of nitrogens with zero attached hydrogens (tertiary/aromatic N) is 5. The average molecular weight is 546 g/mol. The Bertz CT molecular complexity index is 1320. The van der Waals surface area contributed by atoms with Crippen LogP contribution in [-0.2, 0) is 22.6 Å². The Hall–Kier alpha value is -2.97. The van der Waals surface area contributed by atoms with E-state index >= 15 is 0 Å². The number of hydrogen-bond acceptors (Lipinski definition) is 9. The molecule has 1 fully saturated rings. The number of imidazole rings is 1. The molecule has 13 heteroatoms. The largest absolute Gasteiger partial charge is 0.593 e. The highest BCUT2D eigenvalue weighted by Gasteiger charge is 2.29. The lowest BCUT2D eigenvalue weighted by molar-refractivity contribution is -0.129. The maximum Gasteiger partial charge on any atom is 0.277 e. The van der Waals surface area contributed by atoms with Crippen molar-refractivity contribution >= 4 is 22.8 Å². The van der Waals surface area contributed by atoms with Gasteiger partial charge in [-0.3, -0.25) is 14.8 Å². The molecule has 1 amide bonds. The van der Waals surface area contributed by atoms with Crippen molar-refractivity contribution in [1.82, 2.24) is 34.3 Å². The molecule has 0 aliphatic carbocycles. The van der Waals surface area contributed by atoms with Crippen LogP contribution in [0.1, 0.15) is 44.6 Å². The molecule has 1 saturated heterocycles. The molecule has 3 N–H and O–H groups in total. The highest BCUT2D eigenvalue weighted by Crippen LogP contribution is 2.31. The minimum Gasteiger partial charge on any atom is -0.593 e. The molecule has 1 aliphatic heterocycles. The van der Waals surface area contributed by atoms with E-state index in [0.29, 0.717) is 65.8 Å². The minimum atomic E-state index is -1.42. The second-order valence-corrected chi connectivity index (χ2v) is 10.7. The summed E-state index contributed by atoms with van der Waals surface area (Å²) in [7, 11) is 0. The number of aromatic amines is 1. The van der Waals surface area contributed by atoms with Gasteiger partial charge in [0.15, 0.2) is 16.2 Å². The SMILES string of the molecule is CCCc1nc(C)c2c(=O)[nH]c(-c3cc([S+]([O-])N4CCN(CCCC(=O)NO)CC4)ccc3OCC)nn12. The van der Waals surface area contributed by atoms with Crippen molar-refractivity contribution in [3.8, 4) is 17.1 Å². The minimum absolute atomic E-state index is 0.262. The molecule has 0 spiro atoms. The molecule has 3 heterocycles. The van der Waals surface area contributed by atoms with E-state index in [1.54, 1.807) is 35.1 Å². The van der Waals surface area contributed by atoms with Gasteiger partial charge in [-0.2, -0.15) is 0 Å². The number of piperazine rings is 1. The third-order valence-electron chi connectivity index (χ3n) is 6.49. The smallest absolute Gasteiger partial charge is 0.277 e. The molecule has 0 bridgehead atoms. The fraction of sp³-hybridized carbons (Fsp3) is 0.520. The van der Waals surface area contributed by atoms with Crippen LogP contribution < -0.4 is 15.8 Å². The van der Waals surface area contributed by atoms with E-state index in [4.69, 9.17) is 15.0 Å². The van der Waals surface area contributed by atoms with Gasteiger partial charge in [-0.25, -0.2) is 15.0 Å². The predicted molar refractivity (Wildman–Crippen MR) is 143 cm³/mol. The third kappa shape index (κ3) is 6.18. The number of rotatable bonds is 11. The van der Waals surface area contributed by atoms with Crippen molar-refractivity contribution in [2.24, 2.45) is 0 Å². The third-order valence-corrected chi connectivity index (χ3v) is 7.98. The van der Waals surface area contributed by atoms with Crippen molar-refractivity contribution in [3.63, 3.8) is 0 Å². The van der Waals surface area contributed by atoms with Crippen molar-refractivity contribution < 1.29 is 19.3 Å². The summed E-state index contributed by atoms with van der Waals surface area (Å²) >= 11 is -1.42. The Labute approximate surface area is 224 Å². The van der Waals surface area contributed by atoms with E-state index in [1.807, 2.05) is 18.2 Å². The highest BCUT2D eigenvalue weighted by atomic mass is 32.2. The lowest BCUT2D eigenvalue weighted by Gasteiger charge is -2.34. The van der Waals surface area contributed by atoms with Gasteiger partial charge in [0, 0.05) is 32.0 Å². The van der Waals surface area contributed by atoms with Crippen molar-refractivity contribution in [1.29, 1.82) is 0 Å². The van der Waals surface area contributed by atoms with E-state index < -0.39 is 17.3 Å². The van der Waals surface area contributed by atoms with E-state index in [-0.39, 0.29) is 12.0 Å². The molecule has 4 rings (SSSR count). The van der Waals surface area contributed by atoms with Crippen LogP contribution in [0.4, 0.5) is 0 Å². The van der Waals surface area contributed by atoms with E-state index in [2.05, 4.69) is 14.9 Å². The van der Waals surface area contributed by atoms with Gasteiger partial charge in [-0.1, -0.05) is 6.92 Å². The fourth-order valence-electron chi connectivity index (χ4n) is 4.61. The first-order valence-corrected chi connectivity index (χ1v) is 14.0. The lowest BCUT2D eigenvalue weighted by Crippen LogP contribution is -2.48. The number of aromatic nitrogens is 4. The zero-order chi connectivity index (χ0) is 27.2. The van der Waals surface area contributed by atoms with Gasteiger partial charge in [-0.15, -0.1) is 9.40 Å². The number of carbonyl (C=O) groups excluding carboxylic acids is 1. The maximum atomic E-state index is 13.5. The summed E-state index contributed by atoms with van der Waals surface area (Å²) in [6.07, 6.45) is 2.46. The van der Waals surface area contributed by atoms with Crippen molar-refractivity contribution in [2.45, 2.75) is 51.3 Å². The van der Waals surface area contributed by atoms with Crippen LogP contribution in [-0.4, -0.2) is 83.8 Å². The number of aryl methyl sites for hydroxylation is 2. The van der Waals surface area contributed by atoms with Gasteiger partial charge in [0.1, 0.15) is 11.6 Å². The summed E-state index contributed by atoms with van der Waals surface area (Å²) in [6, 6.07) is 5.32. The quantitative estimate of drug-likeness (QED) is 0.186. The van der Waals surface area contributed by atoms with E-state index in [0.717, 1.165) is 31.9 Å². The van der Waals surface area contributed by atoms with Gasteiger partial charge in [-0.05, 0) is 45.4 Å². The summed E-state index contributed by atoms with van der Waals surface area (Å²) in [5.41, 5.74) is 2.97. The molecule has 206 valence electrons. The Morgan fingerprint density at radius 2 is 2.03 bits per heavy atom. The Kier molecular flexibility index (Phi) is 9.39. The molecule has 38 heavy (non-hydrogen) atoms. The molecular formula is C25H35N7O5S. The zero-order valence-electron chi connectivity index (χ0n) is 22.0. The average Bonchev–Trinajstić information content (AvgIpc) is 3.24. The molecule has 12 nitrogen and oxygen atoms in total.